The summed E-state index contributed by atoms with van der Waals surface area (Å²) in [6, 6.07) is 7.25. The van der Waals surface area contributed by atoms with Crippen LogP contribution in [0.4, 0.5) is 13.2 Å². The van der Waals surface area contributed by atoms with Crippen LogP contribution >= 0.6 is 0 Å². The first kappa shape index (κ1) is 21.9. The Hall–Kier alpha value is -2.94. The van der Waals surface area contributed by atoms with E-state index in [2.05, 4.69) is 10.00 Å². The van der Waals surface area contributed by atoms with Crippen LogP contribution in [0, 0.1) is 6.92 Å². The number of aryl methyl sites for hydroxylation is 2. The zero-order valence-electron chi connectivity index (χ0n) is 18.7. The topological polar surface area (TPSA) is 54.3 Å². The van der Waals surface area contributed by atoms with Gasteiger partial charge in [-0.3, -0.25) is 14.4 Å². The molecule has 9 heteroatoms. The second-order valence-corrected chi connectivity index (χ2v) is 9.04. The fourth-order valence-corrected chi connectivity index (χ4v) is 4.56. The number of nitrogens with zero attached hydrogens (tertiary/aromatic N) is 5. The third-order valence-corrected chi connectivity index (χ3v) is 6.56. The van der Waals surface area contributed by atoms with Crippen LogP contribution in [0.2, 0.25) is 0 Å². The lowest BCUT2D eigenvalue weighted by molar-refractivity contribution is -0.137. The molecule has 0 radical (unpaired) electrons. The average Bonchev–Trinajstić information content (AvgIpc) is 3.59. The minimum atomic E-state index is -4.32. The fourth-order valence-electron chi connectivity index (χ4n) is 4.56. The number of hydrogen-bond donors (Lipinski definition) is 0. The third-order valence-electron chi connectivity index (χ3n) is 6.56. The molecule has 0 bridgehead atoms. The first-order chi connectivity index (χ1) is 15.7. The minimum Gasteiger partial charge on any atom is -0.336 e. The number of halogens is 3. The molecule has 1 aromatic carbocycles. The van der Waals surface area contributed by atoms with Gasteiger partial charge in [-0.15, -0.1) is 0 Å². The number of hydrogen-bond acceptors (Lipinski definition) is 4. The number of pyridine rings is 1. The van der Waals surface area contributed by atoms with Gasteiger partial charge in [0, 0.05) is 51.4 Å². The van der Waals surface area contributed by atoms with E-state index in [0.717, 1.165) is 53.0 Å². The van der Waals surface area contributed by atoms with Crippen LogP contribution in [0.1, 0.15) is 51.6 Å². The fraction of sp³-hybridized carbons (Fsp3) is 0.458. The van der Waals surface area contributed by atoms with Crippen molar-refractivity contribution in [1.29, 1.82) is 0 Å². The lowest BCUT2D eigenvalue weighted by Crippen LogP contribution is -2.48. The Kier molecular flexibility index (Phi) is 5.39. The molecule has 0 N–H and O–H groups in total. The van der Waals surface area contributed by atoms with Gasteiger partial charge < -0.3 is 4.90 Å². The first-order valence-electron chi connectivity index (χ1n) is 11.2. The Morgan fingerprint density at radius 3 is 2.36 bits per heavy atom. The summed E-state index contributed by atoms with van der Waals surface area (Å²) in [6.07, 6.45) is -2.12. The molecule has 0 atom stereocenters. The maximum atomic E-state index is 13.5. The van der Waals surface area contributed by atoms with Gasteiger partial charge >= 0.3 is 6.18 Å². The zero-order chi connectivity index (χ0) is 23.3. The van der Waals surface area contributed by atoms with Gasteiger partial charge in [-0.1, -0.05) is 12.1 Å². The normalized spacial score (nSPS) is 17.7. The lowest BCUT2D eigenvalue weighted by atomic mass is 10.1. The van der Waals surface area contributed by atoms with E-state index in [1.165, 1.54) is 12.1 Å². The molecule has 2 aromatic heterocycles. The predicted octanol–water partition coefficient (Wildman–Crippen LogP) is 4.13. The SMILES string of the molecule is Cc1nn(C)c2nc(C3CC3)cc(C(=O)N3CCN(Cc4ccc(C(F)(F)F)cc4)CC3)c12. The quantitative estimate of drug-likeness (QED) is 0.591. The number of piperazine rings is 1. The molecule has 5 rings (SSSR count). The maximum Gasteiger partial charge on any atom is 0.416 e. The highest BCUT2D eigenvalue weighted by molar-refractivity contribution is 6.06. The van der Waals surface area contributed by atoms with Crippen molar-refractivity contribution < 1.29 is 18.0 Å². The van der Waals surface area contributed by atoms with Gasteiger partial charge in [0.05, 0.1) is 22.2 Å². The van der Waals surface area contributed by atoms with Crippen LogP contribution < -0.4 is 0 Å². The van der Waals surface area contributed by atoms with Crippen molar-refractivity contribution in [3.05, 3.63) is 58.4 Å². The molecule has 2 aliphatic rings. The van der Waals surface area contributed by atoms with E-state index < -0.39 is 11.7 Å². The molecule has 6 nitrogen and oxygen atoms in total. The van der Waals surface area contributed by atoms with E-state index in [1.54, 1.807) is 4.68 Å². The summed E-state index contributed by atoms with van der Waals surface area (Å²) < 4.78 is 40.1. The summed E-state index contributed by atoms with van der Waals surface area (Å²) in [7, 11) is 1.85. The van der Waals surface area contributed by atoms with Gasteiger partial charge in [0.1, 0.15) is 0 Å². The van der Waals surface area contributed by atoms with Gasteiger partial charge in [-0.25, -0.2) is 4.98 Å². The number of carbonyl (C=O) groups excluding carboxylic acids is 1. The van der Waals surface area contributed by atoms with E-state index >= 15 is 0 Å². The monoisotopic (exact) mass is 457 g/mol. The molecule has 1 saturated heterocycles. The van der Waals surface area contributed by atoms with E-state index in [4.69, 9.17) is 4.98 Å². The van der Waals surface area contributed by atoms with E-state index in [-0.39, 0.29) is 5.91 Å². The molecular weight excluding hydrogens is 431 g/mol. The smallest absolute Gasteiger partial charge is 0.336 e. The van der Waals surface area contributed by atoms with Crippen molar-refractivity contribution in [3.8, 4) is 0 Å². The highest BCUT2D eigenvalue weighted by Crippen LogP contribution is 2.40. The number of alkyl halides is 3. The van der Waals surface area contributed by atoms with Crippen LogP contribution in [0.5, 0.6) is 0 Å². The Morgan fingerprint density at radius 1 is 1.09 bits per heavy atom. The Labute approximate surface area is 190 Å². The van der Waals surface area contributed by atoms with Crippen LogP contribution in [0.3, 0.4) is 0 Å². The largest absolute Gasteiger partial charge is 0.416 e. The summed E-state index contributed by atoms with van der Waals surface area (Å²) in [5.41, 5.74) is 3.38. The van der Waals surface area contributed by atoms with Crippen molar-refractivity contribution in [2.75, 3.05) is 26.2 Å². The Balaban J connectivity index is 1.29. The summed E-state index contributed by atoms with van der Waals surface area (Å²) in [5, 5.41) is 5.30. The number of carbonyl (C=O) groups is 1. The molecule has 1 amide bonds. The second-order valence-electron chi connectivity index (χ2n) is 9.04. The van der Waals surface area contributed by atoms with Crippen molar-refractivity contribution in [2.45, 2.75) is 38.4 Å². The van der Waals surface area contributed by atoms with E-state index in [0.29, 0.717) is 44.2 Å². The van der Waals surface area contributed by atoms with Crippen LogP contribution in [0.25, 0.3) is 11.0 Å². The minimum absolute atomic E-state index is 0.00502. The summed E-state index contributed by atoms with van der Waals surface area (Å²) >= 11 is 0. The molecule has 3 aromatic rings. The maximum absolute atomic E-state index is 13.5. The lowest BCUT2D eigenvalue weighted by Gasteiger charge is -2.35. The van der Waals surface area contributed by atoms with Crippen LogP contribution in [-0.4, -0.2) is 56.7 Å². The summed E-state index contributed by atoms with van der Waals surface area (Å²) in [5.74, 6) is 0.423. The molecular formula is C24H26F3N5O. The number of fused-ring (bicyclic) bond motifs is 1. The second kappa shape index (κ2) is 8.13. The molecule has 174 valence electrons. The molecule has 0 spiro atoms. The van der Waals surface area contributed by atoms with Crippen LogP contribution in [0.15, 0.2) is 30.3 Å². The predicted molar refractivity (Wildman–Crippen MR) is 118 cm³/mol. The summed E-state index contributed by atoms with van der Waals surface area (Å²) in [4.78, 5) is 22.3. The van der Waals surface area contributed by atoms with Crippen LogP contribution in [-0.2, 0) is 19.8 Å². The number of rotatable bonds is 4. The number of benzene rings is 1. The van der Waals surface area contributed by atoms with E-state index in [1.807, 2.05) is 24.9 Å². The molecule has 1 aliphatic heterocycles. The zero-order valence-corrected chi connectivity index (χ0v) is 18.7. The third kappa shape index (κ3) is 4.34. The number of aromatic nitrogens is 3. The van der Waals surface area contributed by atoms with Crippen molar-refractivity contribution >= 4 is 16.9 Å². The van der Waals surface area contributed by atoms with Crippen molar-refractivity contribution in [1.82, 2.24) is 24.6 Å². The highest BCUT2D eigenvalue weighted by Gasteiger charge is 2.31. The van der Waals surface area contributed by atoms with Gasteiger partial charge in [-0.05, 0) is 43.5 Å². The van der Waals surface area contributed by atoms with Gasteiger partial charge in [0.2, 0.25) is 0 Å². The molecule has 33 heavy (non-hydrogen) atoms. The average molecular weight is 458 g/mol. The summed E-state index contributed by atoms with van der Waals surface area (Å²) in [6.45, 7) is 4.94. The number of amides is 1. The van der Waals surface area contributed by atoms with Gasteiger partial charge in [0.25, 0.3) is 5.91 Å². The van der Waals surface area contributed by atoms with Gasteiger partial charge in [-0.2, -0.15) is 18.3 Å². The molecule has 0 unspecified atom stereocenters. The Bertz CT molecular complexity index is 1190. The van der Waals surface area contributed by atoms with Crippen molar-refractivity contribution in [2.24, 2.45) is 7.05 Å². The Morgan fingerprint density at radius 2 is 1.76 bits per heavy atom. The van der Waals surface area contributed by atoms with Crippen molar-refractivity contribution in [3.63, 3.8) is 0 Å². The molecule has 2 fully saturated rings. The first-order valence-corrected chi connectivity index (χ1v) is 11.2. The molecule has 1 saturated carbocycles. The molecule has 1 aliphatic carbocycles. The standard InChI is InChI=1S/C24H26F3N5O/c1-15-21-19(13-20(17-5-6-17)28-22(21)30(2)29-15)23(33)32-11-9-31(10-12-32)14-16-3-7-18(8-4-16)24(25,26)27/h3-4,7-8,13,17H,5-6,9-12,14H2,1-2H3. The van der Waals surface area contributed by atoms with E-state index in [9.17, 15) is 18.0 Å². The highest BCUT2D eigenvalue weighted by atomic mass is 19.4. The van der Waals surface area contributed by atoms with Gasteiger partial charge in [0.15, 0.2) is 5.65 Å². The molecule has 3 heterocycles.